The van der Waals surface area contributed by atoms with E-state index in [4.69, 9.17) is 4.99 Å². The maximum atomic E-state index is 11.5. The molecule has 0 aromatic carbocycles. The molecule has 148 valence electrons. The molecule has 0 spiro atoms. The molecule has 0 saturated carbocycles. The number of hydrogen-bond donors (Lipinski definition) is 1. The van der Waals surface area contributed by atoms with Gasteiger partial charge in [-0.05, 0) is 6.42 Å². The summed E-state index contributed by atoms with van der Waals surface area (Å²) in [7, 11) is 0. The van der Waals surface area contributed by atoms with Crippen molar-refractivity contribution in [1.29, 1.82) is 0 Å². The summed E-state index contributed by atoms with van der Waals surface area (Å²) >= 11 is 0. The van der Waals surface area contributed by atoms with Crippen LogP contribution in [0.15, 0.2) is 11.3 Å². The Labute approximate surface area is 173 Å². The highest BCUT2D eigenvalue weighted by Crippen LogP contribution is 2.03. The fourth-order valence-corrected chi connectivity index (χ4v) is 2.87. The van der Waals surface area contributed by atoms with Crippen molar-refractivity contribution in [2.45, 2.75) is 46.6 Å². The number of guanidine groups is 1. The third-order valence-corrected chi connectivity index (χ3v) is 4.45. The van der Waals surface area contributed by atoms with Gasteiger partial charge in [-0.3, -0.25) is 9.79 Å². The number of aliphatic imine (C=N–C) groups is 1. The standard InChI is InChI=1S/C17H31N7O.HI/c1-4-6-7-18-17(23-12-10-22(11-13-23)15(3)25)19-8-9-24-14-20-21-16(24)5-2;/h14H,4-13H2,1-3H3,(H,18,19);1H. The number of rotatable bonds is 7. The SMILES string of the molecule is CCCCN=C(NCCn1cnnc1CC)N1CCN(C(C)=O)CC1.I. The quantitative estimate of drug-likeness (QED) is 0.278. The number of halogens is 1. The summed E-state index contributed by atoms with van der Waals surface area (Å²) in [5.41, 5.74) is 0. The van der Waals surface area contributed by atoms with Gasteiger partial charge in [0.25, 0.3) is 0 Å². The number of hydrogen-bond acceptors (Lipinski definition) is 4. The van der Waals surface area contributed by atoms with Gasteiger partial charge in [-0.2, -0.15) is 0 Å². The van der Waals surface area contributed by atoms with E-state index in [1.807, 2.05) is 4.90 Å². The summed E-state index contributed by atoms with van der Waals surface area (Å²) in [5.74, 6) is 2.10. The van der Waals surface area contributed by atoms with Crippen LogP contribution in [0.2, 0.25) is 0 Å². The average Bonchev–Trinajstić information content (AvgIpc) is 3.08. The molecule has 0 unspecified atom stereocenters. The lowest BCUT2D eigenvalue weighted by Crippen LogP contribution is -2.53. The van der Waals surface area contributed by atoms with E-state index in [0.717, 1.165) is 76.9 Å². The van der Waals surface area contributed by atoms with Crippen molar-refractivity contribution in [3.8, 4) is 0 Å². The lowest BCUT2D eigenvalue weighted by Gasteiger charge is -2.36. The summed E-state index contributed by atoms with van der Waals surface area (Å²) in [4.78, 5) is 20.4. The van der Waals surface area contributed by atoms with Gasteiger partial charge in [0.05, 0.1) is 0 Å². The molecule has 0 atom stereocenters. The van der Waals surface area contributed by atoms with Crippen molar-refractivity contribution < 1.29 is 4.79 Å². The average molecular weight is 477 g/mol. The highest BCUT2D eigenvalue weighted by molar-refractivity contribution is 14.0. The molecule has 1 aliphatic rings. The van der Waals surface area contributed by atoms with Crippen LogP contribution >= 0.6 is 24.0 Å². The van der Waals surface area contributed by atoms with Crippen LogP contribution in [-0.2, 0) is 17.8 Å². The minimum atomic E-state index is 0. The van der Waals surface area contributed by atoms with Crippen LogP contribution in [0.3, 0.4) is 0 Å². The molecule has 1 fully saturated rings. The van der Waals surface area contributed by atoms with Crippen molar-refractivity contribution in [3.63, 3.8) is 0 Å². The van der Waals surface area contributed by atoms with Crippen LogP contribution in [0.5, 0.6) is 0 Å². The maximum Gasteiger partial charge on any atom is 0.219 e. The Morgan fingerprint density at radius 2 is 1.92 bits per heavy atom. The number of unbranched alkanes of at least 4 members (excludes halogenated alkanes) is 1. The predicted octanol–water partition coefficient (Wildman–Crippen LogP) is 1.37. The van der Waals surface area contributed by atoms with E-state index in [2.05, 4.69) is 38.8 Å². The highest BCUT2D eigenvalue weighted by Gasteiger charge is 2.21. The molecular formula is C17H32IN7O. The van der Waals surface area contributed by atoms with E-state index < -0.39 is 0 Å². The molecule has 1 N–H and O–H groups in total. The van der Waals surface area contributed by atoms with E-state index >= 15 is 0 Å². The molecule has 2 rings (SSSR count). The Hall–Kier alpha value is -1.39. The zero-order valence-electron chi connectivity index (χ0n) is 16.1. The number of aryl methyl sites for hydroxylation is 1. The van der Waals surface area contributed by atoms with Crippen molar-refractivity contribution in [3.05, 3.63) is 12.2 Å². The van der Waals surface area contributed by atoms with Gasteiger partial charge < -0.3 is 19.7 Å². The first-order valence-corrected chi connectivity index (χ1v) is 9.31. The Bertz CT molecular complexity index is 567. The number of piperazine rings is 1. The smallest absolute Gasteiger partial charge is 0.219 e. The Morgan fingerprint density at radius 3 is 2.54 bits per heavy atom. The zero-order chi connectivity index (χ0) is 18.1. The van der Waals surface area contributed by atoms with Crippen LogP contribution in [0, 0.1) is 0 Å². The third-order valence-electron chi connectivity index (χ3n) is 4.45. The highest BCUT2D eigenvalue weighted by atomic mass is 127. The first-order chi connectivity index (χ1) is 12.2. The normalized spacial score (nSPS) is 15.0. The monoisotopic (exact) mass is 477 g/mol. The van der Waals surface area contributed by atoms with Gasteiger partial charge in [-0.15, -0.1) is 34.2 Å². The lowest BCUT2D eigenvalue weighted by molar-refractivity contribution is -0.130. The molecule has 1 aliphatic heterocycles. The van der Waals surface area contributed by atoms with E-state index in [0.29, 0.717) is 0 Å². The summed E-state index contributed by atoms with van der Waals surface area (Å²) in [6.45, 7) is 11.5. The number of nitrogens with zero attached hydrogens (tertiary/aromatic N) is 6. The van der Waals surface area contributed by atoms with Crippen molar-refractivity contribution in [2.75, 3.05) is 39.3 Å². The van der Waals surface area contributed by atoms with E-state index in [1.165, 1.54) is 0 Å². The minimum absolute atomic E-state index is 0. The number of aromatic nitrogens is 3. The maximum absolute atomic E-state index is 11.5. The lowest BCUT2D eigenvalue weighted by atomic mass is 10.3. The van der Waals surface area contributed by atoms with Gasteiger partial charge >= 0.3 is 0 Å². The minimum Gasteiger partial charge on any atom is -0.354 e. The molecule has 8 nitrogen and oxygen atoms in total. The van der Waals surface area contributed by atoms with Crippen molar-refractivity contribution in [1.82, 2.24) is 29.9 Å². The molecule has 9 heteroatoms. The van der Waals surface area contributed by atoms with E-state index in [1.54, 1.807) is 13.3 Å². The van der Waals surface area contributed by atoms with Crippen LogP contribution in [0.4, 0.5) is 0 Å². The second kappa shape index (κ2) is 12.1. The van der Waals surface area contributed by atoms with Gasteiger partial charge in [0.15, 0.2) is 5.96 Å². The summed E-state index contributed by atoms with van der Waals surface area (Å²) in [6.07, 6.45) is 4.88. The van der Waals surface area contributed by atoms with Crippen molar-refractivity contribution >= 4 is 35.8 Å². The number of carbonyl (C=O) groups is 1. The van der Waals surface area contributed by atoms with Gasteiger partial charge in [-0.1, -0.05) is 20.3 Å². The van der Waals surface area contributed by atoms with E-state index in [-0.39, 0.29) is 29.9 Å². The number of carbonyl (C=O) groups excluding carboxylic acids is 1. The molecule has 1 aromatic rings. The molecule has 1 aromatic heterocycles. The first kappa shape index (κ1) is 22.7. The van der Waals surface area contributed by atoms with Gasteiger partial charge in [0, 0.05) is 59.2 Å². The van der Waals surface area contributed by atoms with Crippen LogP contribution in [0.1, 0.15) is 39.4 Å². The Balaban J connectivity index is 0.00000338. The van der Waals surface area contributed by atoms with Crippen molar-refractivity contribution in [2.24, 2.45) is 4.99 Å². The van der Waals surface area contributed by atoms with Crippen LogP contribution < -0.4 is 5.32 Å². The second-order valence-electron chi connectivity index (χ2n) is 6.27. The molecule has 0 radical (unpaired) electrons. The Kier molecular flexibility index (Phi) is 10.5. The molecule has 1 saturated heterocycles. The van der Waals surface area contributed by atoms with Crippen LogP contribution in [0.25, 0.3) is 0 Å². The number of amides is 1. The first-order valence-electron chi connectivity index (χ1n) is 9.31. The molecule has 0 aliphatic carbocycles. The molecule has 2 heterocycles. The summed E-state index contributed by atoms with van der Waals surface area (Å²) in [6, 6.07) is 0. The fourth-order valence-electron chi connectivity index (χ4n) is 2.87. The van der Waals surface area contributed by atoms with Crippen LogP contribution in [-0.4, -0.2) is 75.7 Å². The van der Waals surface area contributed by atoms with Gasteiger partial charge in [0.1, 0.15) is 12.2 Å². The Morgan fingerprint density at radius 1 is 1.23 bits per heavy atom. The molecule has 26 heavy (non-hydrogen) atoms. The summed E-state index contributed by atoms with van der Waals surface area (Å²) < 4.78 is 2.07. The molecular weight excluding hydrogens is 445 g/mol. The zero-order valence-corrected chi connectivity index (χ0v) is 18.5. The third kappa shape index (κ3) is 6.73. The predicted molar refractivity (Wildman–Crippen MR) is 114 cm³/mol. The van der Waals surface area contributed by atoms with Gasteiger partial charge in [-0.25, -0.2) is 0 Å². The van der Waals surface area contributed by atoms with Gasteiger partial charge in [0.2, 0.25) is 5.91 Å². The molecule has 1 amide bonds. The van der Waals surface area contributed by atoms with E-state index in [9.17, 15) is 4.79 Å². The second-order valence-corrected chi connectivity index (χ2v) is 6.27. The largest absolute Gasteiger partial charge is 0.354 e. The fraction of sp³-hybridized carbons (Fsp3) is 0.765. The molecule has 0 bridgehead atoms. The summed E-state index contributed by atoms with van der Waals surface area (Å²) in [5, 5.41) is 11.6. The number of nitrogens with one attached hydrogen (secondary N) is 1. The topological polar surface area (TPSA) is 78.7 Å².